The van der Waals surface area contributed by atoms with Gasteiger partial charge in [0.1, 0.15) is 24.2 Å². The van der Waals surface area contributed by atoms with E-state index >= 15 is 0 Å². The van der Waals surface area contributed by atoms with Crippen molar-refractivity contribution in [3.63, 3.8) is 0 Å². The van der Waals surface area contributed by atoms with E-state index in [1.54, 1.807) is 12.1 Å². The molecule has 0 saturated carbocycles. The molecule has 1 heterocycles. The molecule has 0 aromatic heterocycles. The highest BCUT2D eigenvalue weighted by molar-refractivity contribution is 5.36. The Kier molecular flexibility index (Phi) is 3.37. The number of nitriles is 1. The lowest BCUT2D eigenvalue weighted by atomic mass is 10.2. The summed E-state index contributed by atoms with van der Waals surface area (Å²) in [5, 5.41) is 11.9. The minimum Gasteiger partial charge on any atom is -0.492 e. The predicted molar refractivity (Wildman–Crippen MR) is 57.6 cm³/mol. The van der Waals surface area contributed by atoms with Gasteiger partial charge in [-0.25, -0.2) is 4.39 Å². The molecule has 4 heteroatoms. The van der Waals surface area contributed by atoms with Gasteiger partial charge in [0, 0.05) is 12.1 Å². The first-order valence-electron chi connectivity index (χ1n) is 5.35. The Bertz CT molecular complexity index is 408. The second-order valence-corrected chi connectivity index (χ2v) is 3.86. The molecular weight excluding hydrogens is 207 g/mol. The van der Waals surface area contributed by atoms with Gasteiger partial charge in [0.2, 0.25) is 0 Å². The van der Waals surface area contributed by atoms with Crippen molar-refractivity contribution in [1.82, 2.24) is 5.32 Å². The normalized spacial score (nSPS) is 19.4. The minimum atomic E-state index is -0.528. The van der Waals surface area contributed by atoms with E-state index in [0.717, 1.165) is 19.4 Å². The van der Waals surface area contributed by atoms with Gasteiger partial charge in [0.05, 0.1) is 5.56 Å². The Morgan fingerprint density at radius 2 is 2.44 bits per heavy atom. The number of benzene rings is 1. The largest absolute Gasteiger partial charge is 0.492 e. The Morgan fingerprint density at radius 3 is 3.06 bits per heavy atom. The first-order valence-corrected chi connectivity index (χ1v) is 5.35. The van der Waals surface area contributed by atoms with E-state index in [4.69, 9.17) is 10.00 Å². The number of ether oxygens (including phenoxy) is 1. The lowest BCUT2D eigenvalue weighted by molar-refractivity contribution is 0.276. The summed E-state index contributed by atoms with van der Waals surface area (Å²) < 4.78 is 18.7. The molecule has 0 amide bonds. The van der Waals surface area contributed by atoms with Crippen molar-refractivity contribution in [2.75, 3.05) is 13.2 Å². The summed E-state index contributed by atoms with van der Waals surface area (Å²) in [6.07, 6.45) is 2.26. The molecule has 1 fully saturated rings. The maximum atomic E-state index is 13.2. The molecule has 0 bridgehead atoms. The van der Waals surface area contributed by atoms with Crippen LogP contribution in [-0.4, -0.2) is 19.2 Å². The van der Waals surface area contributed by atoms with Crippen molar-refractivity contribution >= 4 is 0 Å². The van der Waals surface area contributed by atoms with Crippen molar-refractivity contribution in [1.29, 1.82) is 5.26 Å². The van der Waals surface area contributed by atoms with Crippen LogP contribution in [0.3, 0.4) is 0 Å². The monoisotopic (exact) mass is 220 g/mol. The van der Waals surface area contributed by atoms with Crippen LogP contribution in [0, 0.1) is 17.1 Å². The first-order chi connectivity index (χ1) is 7.79. The van der Waals surface area contributed by atoms with Crippen molar-refractivity contribution in [2.45, 2.75) is 18.9 Å². The second kappa shape index (κ2) is 4.95. The van der Waals surface area contributed by atoms with Crippen LogP contribution in [0.5, 0.6) is 5.75 Å². The molecule has 2 rings (SSSR count). The number of nitrogens with zero attached hydrogens (tertiary/aromatic N) is 1. The van der Waals surface area contributed by atoms with Crippen molar-refractivity contribution < 1.29 is 9.13 Å². The van der Waals surface area contributed by atoms with E-state index in [2.05, 4.69) is 5.32 Å². The molecule has 1 aliphatic heterocycles. The van der Waals surface area contributed by atoms with Gasteiger partial charge >= 0.3 is 0 Å². The number of halogens is 1. The minimum absolute atomic E-state index is 0.0475. The molecule has 1 aromatic carbocycles. The van der Waals surface area contributed by atoms with Crippen molar-refractivity contribution in [3.8, 4) is 11.8 Å². The lowest BCUT2D eigenvalue weighted by Gasteiger charge is -2.12. The van der Waals surface area contributed by atoms with E-state index in [0.29, 0.717) is 18.4 Å². The highest BCUT2D eigenvalue weighted by atomic mass is 19.1. The fourth-order valence-electron chi connectivity index (χ4n) is 1.77. The second-order valence-electron chi connectivity index (χ2n) is 3.86. The molecule has 0 spiro atoms. The summed E-state index contributed by atoms with van der Waals surface area (Å²) in [6, 6.07) is 6.45. The van der Waals surface area contributed by atoms with E-state index in [1.165, 1.54) is 12.1 Å². The average Bonchev–Trinajstić information content (AvgIpc) is 2.79. The standard InChI is InChI=1S/C12H13FN2O/c13-12-6-11(4-3-9(12)7-14)16-8-10-2-1-5-15-10/h3-4,6,10,15H,1-2,5,8H2/t10-/m1/s1. The zero-order valence-corrected chi connectivity index (χ0v) is 8.87. The number of hydrogen-bond acceptors (Lipinski definition) is 3. The smallest absolute Gasteiger partial charge is 0.144 e. The van der Waals surface area contributed by atoms with Gasteiger partial charge in [0.25, 0.3) is 0 Å². The summed E-state index contributed by atoms with van der Waals surface area (Å²) in [4.78, 5) is 0. The van der Waals surface area contributed by atoms with E-state index in [-0.39, 0.29) is 5.56 Å². The molecule has 0 radical (unpaired) electrons. The zero-order valence-electron chi connectivity index (χ0n) is 8.87. The molecule has 1 aliphatic rings. The fraction of sp³-hybridized carbons (Fsp3) is 0.417. The third-order valence-corrected chi connectivity index (χ3v) is 2.67. The molecule has 1 atom stereocenters. The van der Waals surface area contributed by atoms with Gasteiger partial charge in [-0.15, -0.1) is 0 Å². The van der Waals surface area contributed by atoms with Gasteiger partial charge in [-0.3, -0.25) is 0 Å². The lowest BCUT2D eigenvalue weighted by Crippen LogP contribution is -2.28. The van der Waals surface area contributed by atoms with Crippen LogP contribution in [0.25, 0.3) is 0 Å². The van der Waals surface area contributed by atoms with Gasteiger partial charge in [-0.05, 0) is 31.5 Å². The fourth-order valence-corrected chi connectivity index (χ4v) is 1.77. The Labute approximate surface area is 93.8 Å². The van der Waals surface area contributed by atoms with Gasteiger partial charge in [0.15, 0.2) is 0 Å². The number of rotatable bonds is 3. The highest BCUT2D eigenvalue weighted by Gasteiger charge is 2.14. The zero-order chi connectivity index (χ0) is 11.4. The quantitative estimate of drug-likeness (QED) is 0.845. The molecular formula is C12H13FN2O. The number of hydrogen-bond donors (Lipinski definition) is 1. The molecule has 84 valence electrons. The molecule has 1 saturated heterocycles. The van der Waals surface area contributed by atoms with E-state index < -0.39 is 5.82 Å². The molecule has 3 nitrogen and oxygen atoms in total. The predicted octanol–water partition coefficient (Wildman–Crippen LogP) is 1.83. The SMILES string of the molecule is N#Cc1ccc(OC[C@H]2CCCN2)cc1F. The van der Waals surface area contributed by atoms with Crippen LogP contribution in [0.2, 0.25) is 0 Å². The van der Waals surface area contributed by atoms with Gasteiger partial charge in [-0.2, -0.15) is 5.26 Å². The highest BCUT2D eigenvalue weighted by Crippen LogP contribution is 2.17. The topological polar surface area (TPSA) is 45.0 Å². The van der Waals surface area contributed by atoms with Crippen LogP contribution in [0.4, 0.5) is 4.39 Å². The Morgan fingerprint density at radius 1 is 1.56 bits per heavy atom. The molecule has 0 unspecified atom stereocenters. The molecule has 1 N–H and O–H groups in total. The van der Waals surface area contributed by atoms with E-state index in [1.807, 2.05) is 0 Å². The van der Waals surface area contributed by atoms with E-state index in [9.17, 15) is 4.39 Å². The summed E-state index contributed by atoms with van der Waals surface area (Å²) in [6.45, 7) is 1.57. The summed E-state index contributed by atoms with van der Waals surface area (Å²) in [7, 11) is 0. The summed E-state index contributed by atoms with van der Waals surface area (Å²) in [5.41, 5.74) is 0.0475. The molecule has 16 heavy (non-hydrogen) atoms. The third-order valence-electron chi connectivity index (χ3n) is 2.67. The summed E-state index contributed by atoms with van der Waals surface area (Å²) in [5.74, 6) is -0.0513. The first kappa shape index (κ1) is 10.9. The van der Waals surface area contributed by atoms with Crippen LogP contribution in [-0.2, 0) is 0 Å². The van der Waals surface area contributed by atoms with Crippen LogP contribution < -0.4 is 10.1 Å². The third kappa shape index (κ3) is 2.50. The maximum absolute atomic E-state index is 13.2. The molecule has 0 aliphatic carbocycles. The van der Waals surface area contributed by atoms with Crippen LogP contribution in [0.1, 0.15) is 18.4 Å². The Balaban J connectivity index is 1.94. The van der Waals surface area contributed by atoms with Gasteiger partial charge < -0.3 is 10.1 Å². The maximum Gasteiger partial charge on any atom is 0.144 e. The molecule has 1 aromatic rings. The van der Waals surface area contributed by atoms with Crippen LogP contribution >= 0.6 is 0 Å². The summed E-state index contributed by atoms with van der Waals surface area (Å²) >= 11 is 0. The van der Waals surface area contributed by atoms with Crippen molar-refractivity contribution in [2.24, 2.45) is 0 Å². The average molecular weight is 220 g/mol. The van der Waals surface area contributed by atoms with Crippen molar-refractivity contribution in [3.05, 3.63) is 29.6 Å². The van der Waals surface area contributed by atoms with Crippen LogP contribution in [0.15, 0.2) is 18.2 Å². The number of nitrogens with one attached hydrogen (secondary N) is 1. The Hall–Kier alpha value is -1.60. The van der Waals surface area contributed by atoms with Gasteiger partial charge in [-0.1, -0.05) is 0 Å².